The summed E-state index contributed by atoms with van der Waals surface area (Å²) in [6.07, 6.45) is 6.49. The SMILES string of the molecule is Cc1cc2oc(=O)cc(COC(=O)[C@H]3CC=CCC3)c2cc1Cl. The molecule has 0 saturated heterocycles. The summed E-state index contributed by atoms with van der Waals surface area (Å²) in [7, 11) is 0. The predicted molar refractivity (Wildman–Crippen MR) is 88.5 cm³/mol. The Kier molecular flexibility index (Phi) is 4.53. The molecule has 0 aliphatic heterocycles. The van der Waals surface area contributed by atoms with E-state index in [2.05, 4.69) is 6.08 Å². The zero-order valence-corrected chi connectivity index (χ0v) is 13.6. The number of ether oxygens (including phenoxy) is 1. The number of halogens is 1. The molecular formula is C18H17ClO4. The van der Waals surface area contributed by atoms with Crippen LogP contribution in [0.3, 0.4) is 0 Å². The van der Waals surface area contributed by atoms with Crippen molar-refractivity contribution in [3.8, 4) is 0 Å². The smallest absolute Gasteiger partial charge is 0.336 e. The molecule has 5 heteroatoms. The topological polar surface area (TPSA) is 56.5 Å². The van der Waals surface area contributed by atoms with E-state index in [1.807, 2.05) is 13.0 Å². The zero-order valence-electron chi connectivity index (χ0n) is 12.8. The Balaban J connectivity index is 1.84. The molecule has 0 unspecified atom stereocenters. The summed E-state index contributed by atoms with van der Waals surface area (Å²) in [6.45, 7) is 1.88. The second kappa shape index (κ2) is 6.59. The number of rotatable bonds is 3. The van der Waals surface area contributed by atoms with Crippen LogP contribution in [0.4, 0.5) is 0 Å². The lowest BCUT2D eigenvalue weighted by Crippen LogP contribution is -2.19. The first kappa shape index (κ1) is 15.8. The van der Waals surface area contributed by atoms with Crippen molar-refractivity contribution in [3.05, 3.63) is 56.9 Å². The van der Waals surface area contributed by atoms with Crippen molar-refractivity contribution in [2.24, 2.45) is 5.92 Å². The largest absolute Gasteiger partial charge is 0.461 e. The van der Waals surface area contributed by atoms with Crippen molar-refractivity contribution in [2.75, 3.05) is 0 Å². The maximum absolute atomic E-state index is 12.1. The molecule has 1 aliphatic rings. The quantitative estimate of drug-likeness (QED) is 0.481. The van der Waals surface area contributed by atoms with E-state index in [-0.39, 0.29) is 18.5 Å². The lowest BCUT2D eigenvalue weighted by molar-refractivity contribution is -0.150. The molecule has 0 radical (unpaired) electrons. The molecule has 4 nitrogen and oxygen atoms in total. The summed E-state index contributed by atoms with van der Waals surface area (Å²) in [5.41, 5.74) is 1.42. The van der Waals surface area contributed by atoms with Gasteiger partial charge >= 0.3 is 11.6 Å². The summed E-state index contributed by atoms with van der Waals surface area (Å²) < 4.78 is 10.6. The zero-order chi connectivity index (χ0) is 16.4. The molecule has 3 rings (SSSR count). The number of fused-ring (bicyclic) bond motifs is 1. The minimum Gasteiger partial charge on any atom is -0.461 e. The molecule has 120 valence electrons. The Labute approximate surface area is 138 Å². The molecule has 1 atom stereocenters. The van der Waals surface area contributed by atoms with E-state index in [1.165, 1.54) is 6.07 Å². The Morgan fingerprint density at radius 2 is 2.17 bits per heavy atom. The summed E-state index contributed by atoms with van der Waals surface area (Å²) in [4.78, 5) is 23.8. The fourth-order valence-electron chi connectivity index (χ4n) is 2.74. The maximum atomic E-state index is 12.1. The van der Waals surface area contributed by atoms with Crippen LogP contribution in [0.15, 0.2) is 39.6 Å². The fourth-order valence-corrected chi connectivity index (χ4v) is 2.91. The van der Waals surface area contributed by atoms with Gasteiger partial charge in [-0.25, -0.2) is 4.79 Å². The first-order valence-electron chi connectivity index (χ1n) is 7.59. The third-order valence-corrected chi connectivity index (χ3v) is 4.49. The third kappa shape index (κ3) is 3.48. The number of hydrogen-bond acceptors (Lipinski definition) is 4. The van der Waals surface area contributed by atoms with E-state index in [1.54, 1.807) is 12.1 Å². The van der Waals surface area contributed by atoms with Gasteiger partial charge in [0.05, 0.1) is 5.92 Å². The van der Waals surface area contributed by atoms with Crippen LogP contribution in [0.1, 0.15) is 30.4 Å². The van der Waals surface area contributed by atoms with Crippen molar-refractivity contribution in [1.29, 1.82) is 0 Å². The molecule has 23 heavy (non-hydrogen) atoms. The summed E-state index contributed by atoms with van der Waals surface area (Å²) in [5, 5.41) is 1.27. The Bertz CT molecular complexity index is 835. The van der Waals surface area contributed by atoms with Gasteiger partial charge in [0.1, 0.15) is 12.2 Å². The second-order valence-corrected chi connectivity index (χ2v) is 6.18. The molecule has 0 spiro atoms. The van der Waals surface area contributed by atoms with Crippen LogP contribution in [-0.4, -0.2) is 5.97 Å². The van der Waals surface area contributed by atoms with Crippen LogP contribution in [0.25, 0.3) is 11.0 Å². The van der Waals surface area contributed by atoms with Crippen molar-refractivity contribution in [1.82, 2.24) is 0 Å². The van der Waals surface area contributed by atoms with Crippen LogP contribution in [0, 0.1) is 12.8 Å². The monoisotopic (exact) mass is 332 g/mol. The normalized spacial score (nSPS) is 17.4. The maximum Gasteiger partial charge on any atom is 0.336 e. The lowest BCUT2D eigenvalue weighted by Gasteiger charge is -2.16. The first-order chi connectivity index (χ1) is 11.0. The van der Waals surface area contributed by atoms with Crippen molar-refractivity contribution >= 4 is 28.5 Å². The van der Waals surface area contributed by atoms with Crippen LogP contribution < -0.4 is 5.63 Å². The number of carbonyl (C=O) groups excluding carboxylic acids is 1. The minimum absolute atomic E-state index is 0.0422. The highest BCUT2D eigenvalue weighted by atomic mass is 35.5. The molecule has 2 aromatic rings. The number of esters is 1. The average Bonchev–Trinajstić information content (AvgIpc) is 2.55. The van der Waals surface area contributed by atoms with E-state index in [0.717, 1.165) is 18.4 Å². The van der Waals surface area contributed by atoms with Crippen LogP contribution in [-0.2, 0) is 16.1 Å². The number of carbonyl (C=O) groups is 1. The van der Waals surface area contributed by atoms with Crippen molar-refractivity contribution in [3.63, 3.8) is 0 Å². The molecule has 0 fully saturated rings. The first-order valence-corrected chi connectivity index (χ1v) is 7.97. The van der Waals surface area contributed by atoms with Gasteiger partial charge in [0.25, 0.3) is 0 Å². The van der Waals surface area contributed by atoms with Crippen LogP contribution >= 0.6 is 11.6 Å². The summed E-state index contributed by atoms with van der Waals surface area (Å²) in [5.74, 6) is -0.328. The van der Waals surface area contributed by atoms with Gasteiger partial charge in [0.15, 0.2) is 0 Å². The second-order valence-electron chi connectivity index (χ2n) is 5.78. The van der Waals surface area contributed by atoms with Gasteiger partial charge in [0.2, 0.25) is 0 Å². The van der Waals surface area contributed by atoms with Crippen LogP contribution in [0.5, 0.6) is 0 Å². The van der Waals surface area contributed by atoms with Gasteiger partial charge in [-0.1, -0.05) is 23.8 Å². The number of hydrogen-bond donors (Lipinski definition) is 0. The Morgan fingerprint density at radius 3 is 2.91 bits per heavy atom. The van der Waals surface area contributed by atoms with Gasteiger partial charge in [-0.3, -0.25) is 4.79 Å². The standard InChI is InChI=1S/C18H17ClO4/c1-11-7-16-14(9-15(11)19)13(8-17(20)23-16)10-22-18(21)12-5-3-2-4-6-12/h2-3,7-9,12H,4-6,10H2,1H3/t12-/m0/s1. The average molecular weight is 333 g/mol. The lowest BCUT2D eigenvalue weighted by atomic mass is 9.95. The highest BCUT2D eigenvalue weighted by Crippen LogP contribution is 2.26. The van der Waals surface area contributed by atoms with Gasteiger partial charge in [-0.2, -0.15) is 0 Å². The van der Waals surface area contributed by atoms with Gasteiger partial charge < -0.3 is 9.15 Å². The molecule has 0 amide bonds. The highest BCUT2D eigenvalue weighted by molar-refractivity contribution is 6.32. The molecule has 1 aliphatic carbocycles. The van der Waals surface area contributed by atoms with E-state index in [4.69, 9.17) is 20.8 Å². The van der Waals surface area contributed by atoms with E-state index >= 15 is 0 Å². The number of allylic oxidation sites excluding steroid dienone is 2. The molecule has 0 saturated carbocycles. The molecule has 1 aromatic heterocycles. The Morgan fingerprint density at radius 1 is 1.35 bits per heavy atom. The number of benzene rings is 1. The van der Waals surface area contributed by atoms with E-state index < -0.39 is 5.63 Å². The van der Waals surface area contributed by atoms with Gasteiger partial charge in [-0.15, -0.1) is 0 Å². The fraction of sp³-hybridized carbons (Fsp3) is 0.333. The van der Waals surface area contributed by atoms with Crippen molar-refractivity contribution in [2.45, 2.75) is 32.8 Å². The van der Waals surface area contributed by atoms with Crippen molar-refractivity contribution < 1.29 is 13.9 Å². The number of aryl methyl sites for hydroxylation is 1. The van der Waals surface area contributed by atoms with Crippen LogP contribution in [0.2, 0.25) is 5.02 Å². The molecule has 1 aromatic carbocycles. The Hall–Kier alpha value is -2.07. The van der Waals surface area contributed by atoms with E-state index in [9.17, 15) is 9.59 Å². The van der Waals surface area contributed by atoms with Gasteiger partial charge in [-0.05, 0) is 43.9 Å². The molecule has 0 N–H and O–H groups in total. The molecule has 1 heterocycles. The summed E-state index contributed by atoms with van der Waals surface area (Å²) in [6, 6.07) is 4.81. The van der Waals surface area contributed by atoms with E-state index in [0.29, 0.717) is 28.0 Å². The minimum atomic E-state index is -0.467. The molecule has 0 bridgehead atoms. The highest BCUT2D eigenvalue weighted by Gasteiger charge is 2.20. The summed E-state index contributed by atoms with van der Waals surface area (Å²) >= 11 is 6.15. The predicted octanol–water partition coefficient (Wildman–Crippen LogP) is 4.15. The van der Waals surface area contributed by atoms with Gasteiger partial charge in [0, 0.05) is 22.0 Å². The third-order valence-electron chi connectivity index (χ3n) is 4.08. The molecular weight excluding hydrogens is 316 g/mol.